The molecular weight excluding hydrogens is 222 g/mol. The van der Waals surface area contributed by atoms with Crippen molar-refractivity contribution in [1.82, 2.24) is 4.90 Å². The molecule has 0 aromatic carbocycles. The number of hydrogen-bond acceptors (Lipinski definition) is 4. The third-order valence-corrected chi connectivity index (χ3v) is 3.13. The average molecular weight is 243 g/mol. The van der Waals surface area contributed by atoms with Crippen LogP contribution in [0.2, 0.25) is 0 Å². The van der Waals surface area contributed by atoms with Gasteiger partial charge in [0, 0.05) is 25.7 Å². The second-order valence-corrected chi connectivity index (χ2v) is 4.39. The molecule has 0 aromatic rings. The maximum atomic E-state index is 12.3. The lowest BCUT2D eigenvalue weighted by molar-refractivity contribution is -0.140. The summed E-state index contributed by atoms with van der Waals surface area (Å²) in [6, 6.07) is 0. The highest BCUT2D eigenvalue weighted by Gasteiger charge is 2.31. The van der Waals surface area contributed by atoms with E-state index in [1.54, 1.807) is 4.90 Å². The zero-order valence-electron chi connectivity index (χ0n) is 10.4. The van der Waals surface area contributed by atoms with Crippen molar-refractivity contribution >= 4 is 11.7 Å². The summed E-state index contributed by atoms with van der Waals surface area (Å²) in [5.41, 5.74) is 5.43. The van der Waals surface area contributed by atoms with Crippen molar-refractivity contribution in [3.05, 3.63) is 0 Å². The van der Waals surface area contributed by atoms with Gasteiger partial charge in [-0.05, 0) is 19.3 Å². The Bertz CT molecular complexity index is 294. The largest absolute Gasteiger partial charge is 0.409 e. The molecule has 0 bridgehead atoms. The fourth-order valence-corrected chi connectivity index (χ4v) is 2.05. The van der Waals surface area contributed by atoms with Gasteiger partial charge in [-0.2, -0.15) is 0 Å². The second kappa shape index (κ2) is 6.44. The Hall–Kier alpha value is -1.30. The molecule has 1 aliphatic heterocycles. The van der Waals surface area contributed by atoms with Crippen LogP contribution in [0.15, 0.2) is 5.16 Å². The van der Waals surface area contributed by atoms with E-state index in [1.165, 1.54) is 0 Å². The minimum absolute atomic E-state index is 0.0183. The molecule has 98 valence electrons. The number of nitrogens with zero attached hydrogens (tertiary/aromatic N) is 2. The van der Waals surface area contributed by atoms with E-state index in [2.05, 4.69) is 5.16 Å². The van der Waals surface area contributed by atoms with E-state index >= 15 is 0 Å². The SMILES string of the molecule is CCN(CC(N)=NO)C(=O)C1CCOCC1C. The maximum absolute atomic E-state index is 12.3. The zero-order chi connectivity index (χ0) is 12.8. The highest BCUT2D eigenvalue weighted by Crippen LogP contribution is 2.23. The normalized spacial score (nSPS) is 25.6. The summed E-state index contributed by atoms with van der Waals surface area (Å²) < 4.78 is 5.32. The molecule has 0 spiro atoms. The number of nitrogens with two attached hydrogens (primary N) is 1. The van der Waals surface area contributed by atoms with E-state index in [0.717, 1.165) is 6.42 Å². The number of carbonyl (C=O) groups is 1. The van der Waals surface area contributed by atoms with Crippen molar-refractivity contribution in [3.63, 3.8) is 0 Å². The van der Waals surface area contributed by atoms with Crippen LogP contribution in [-0.4, -0.2) is 48.2 Å². The van der Waals surface area contributed by atoms with Gasteiger partial charge in [0.15, 0.2) is 5.84 Å². The molecule has 0 aromatic heterocycles. The van der Waals surface area contributed by atoms with Gasteiger partial charge in [0.2, 0.25) is 5.91 Å². The number of ether oxygens (including phenoxy) is 1. The van der Waals surface area contributed by atoms with Crippen LogP contribution >= 0.6 is 0 Å². The Labute approximate surface area is 101 Å². The maximum Gasteiger partial charge on any atom is 0.226 e. The van der Waals surface area contributed by atoms with Gasteiger partial charge < -0.3 is 20.6 Å². The number of amidine groups is 1. The Kier molecular flexibility index (Phi) is 5.21. The summed E-state index contributed by atoms with van der Waals surface area (Å²) >= 11 is 0. The van der Waals surface area contributed by atoms with Gasteiger partial charge in [0.05, 0.1) is 6.54 Å². The molecular formula is C11H21N3O3. The van der Waals surface area contributed by atoms with Crippen LogP contribution in [0.3, 0.4) is 0 Å². The van der Waals surface area contributed by atoms with Gasteiger partial charge in [-0.1, -0.05) is 12.1 Å². The first kappa shape index (κ1) is 13.8. The molecule has 3 N–H and O–H groups in total. The van der Waals surface area contributed by atoms with Crippen LogP contribution in [0.1, 0.15) is 20.3 Å². The molecule has 2 unspecified atom stereocenters. The summed E-state index contributed by atoms with van der Waals surface area (Å²) in [5.74, 6) is 0.322. The monoisotopic (exact) mass is 243 g/mol. The van der Waals surface area contributed by atoms with Gasteiger partial charge >= 0.3 is 0 Å². The number of oxime groups is 1. The van der Waals surface area contributed by atoms with Crippen molar-refractivity contribution in [1.29, 1.82) is 0 Å². The summed E-state index contributed by atoms with van der Waals surface area (Å²) in [6.07, 6.45) is 0.743. The van der Waals surface area contributed by atoms with Crippen LogP contribution in [0, 0.1) is 11.8 Å². The third kappa shape index (κ3) is 3.59. The molecule has 1 amide bonds. The fraction of sp³-hybridized carbons (Fsp3) is 0.818. The Balaban J connectivity index is 2.64. The summed E-state index contributed by atoms with van der Waals surface area (Å²) in [5, 5.41) is 11.4. The van der Waals surface area contributed by atoms with E-state index in [0.29, 0.717) is 19.8 Å². The molecule has 0 radical (unpaired) electrons. The minimum atomic E-state index is -0.0183. The Morgan fingerprint density at radius 3 is 2.88 bits per heavy atom. The number of amides is 1. The lowest BCUT2D eigenvalue weighted by Crippen LogP contribution is -2.45. The van der Waals surface area contributed by atoms with Crippen LogP contribution in [0.4, 0.5) is 0 Å². The van der Waals surface area contributed by atoms with Gasteiger partial charge in [0.25, 0.3) is 0 Å². The van der Waals surface area contributed by atoms with Crippen molar-refractivity contribution < 1.29 is 14.7 Å². The molecule has 1 aliphatic rings. The number of likely N-dealkylation sites (N-methyl/N-ethyl adjacent to an activating group) is 1. The highest BCUT2D eigenvalue weighted by atomic mass is 16.5. The highest BCUT2D eigenvalue weighted by molar-refractivity contribution is 5.87. The zero-order valence-corrected chi connectivity index (χ0v) is 10.4. The second-order valence-electron chi connectivity index (χ2n) is 4.39. The van der Waals surface area contributed by atoms with Crippen LogP contribution in [-0.2, 0) is 9.53 Å². The number of rotatable bonds is 4. The van der Waals surface area contributed by atoms with E-state index in [-0.39, 0.29) is 30.1 Å². The number of hydrogen-bond donors (Lipinski definition) is 2. The van der Waals surface area contributed by atoms with Crippen LogP contribution in [0.25, 0.3) is 0 Å². The molecule has 1 fully saturated rings. The first-order valence-electron chi connectivity index (χ1n) is 5.93. The molecule has 0 aliphatic carbocycles. The standard InChI is InChI=1S/C11H21N3O3/c1-3-14(6-10(12)13-16)11(15)9-4-5-17-7-8(9)2/h8-9,16H,3-7H2,1-2H3,(H2,12,13). The van der Waals surface area contributed by atoms with Crippen molar-refractivity contribution in [3.8, 4) is 0 Å². The molecule has 2 atom stereocenters. The molecule has 1 rings (SSSR count). The minimum Gasteiger partial charge on any atom is -0.409 e. The molecule has 1 saturated heterocycles. The molecule has 6 nitrogen and oxygen atoms in total. The first-order chi connectivity index (χ1) is 8.10. The summed E-state index contributed by atoms with van der Waals surface area (Å²) in [4.78, 5) is 13.9. The molecule has 1 heterocycles. The van der Waals surface area contributed by atoms with E-state index < -0.39 is 0 Å². The van der Waals surface area contributed by atoms with Gasteiger partial charge in [-0.15, -0.1) is 0 Å². The van der Waals surface area contributed by atoms with Gasteiger partial charge in [0.1, 0.15) is 0 Å². The van der Waals surface area contributed by atoms with Crippen LogP contribution in [0.5, 0.6) is 0 Å². The van der Waals surface area contributed by atoms with Crippen molar-refractivity contribution in [2.45, 2.75) is 20.3 Å². The summed E-state index contributed by atoms with van der Waals surface area (Å²) in [7, 11) is 0. The Morgan fingerprint density at radius 2 is 2.35 bits per heavy atom. The molecule has 17 heavy (non-hydrogen) atoms. The molecule has 6 heteroatoms. The van der Waals surface area contributed by atoms with Gasteiger partial charge in [-0.3, -0.25) is 4.79 Å². The lowest BCUT2D eigenvalue weighted by Gasteiger charge is -2.32. The van der Waals surface area contributed by atoms with Crippen molar-refractivity contribution in [2.75, 3.05) is 26.3 Å². The molecule has 0 saturated carbocycles. The first-order valence-corrected chi connectivity index (χ1v) is 5.93. The van der Waals surface area contributed by atoms with Crippen LogP contribution < -0.4 is 5.73 Å². The Morgan fingerprint density at radius 1 is 1.65 bits per heavy atom. The number of carbonyl (C=O) groups excluding carboxylic acids is 1. The topological polar surface area (TPSA) is 88.1 Å². The third-order valence-electron chi connectivity index (χ3n) is 3.13. The lowest BCUT2D eigenvalue weighted by atomic mass is 9.88. The van der Waals surface area contributed by atoms with E-state index in [4.69, 9.17) is 15.7 Å². The predicted octanol–water partition coefficient (Wildman–Crippen LogP) is 0.254. The van der Waals surface area contributed by atoms with Crippen molar-refractivity contribution in [2.24, 2.45) is 22.7 Å². The average Bonchev–Trinajstić information content (AvgIpc) is 2.35. The van der Waals surface area contributed by atoms with Gasteiger partial charge in [-0.25, -0.2) is 0 Å². The van der Waals surface area contributed by atoms with E-state index in [9.17, 15) is 4.79 Å². The smallest absolute Gasteiger partial charge is 0.226 e. The summed E-state index contributed by atoms with van der Waals surface area (Å²) in [6.45, 7) is 5.88. The predicted molar refractivity (Wildman–Crippen MR) is 63.8 cm³/mol. The fourth-order valence-electron chi connectivity index (χ4n) is 2.05. The quantitative estimate of drug-likeness (QED) is 0.321. The van der Waals surface area contributed by atoms with E-state index in [1.807, 2.05) is 13.8 Å².